The van der Waals surface area contributed by atoms with E-state index >= 15 is 0 Å². The summed E-state index contributed by atoms with van der Waals surface area (Å²) in [7, 11) is 0. The van der Waals surface area contributed by atoms with Gasteiger partial charge >= 0.3 is 0 Å². The Balaban J connectivity index is 0.000000150. The molecule has 3 saturated carbocycles. The first-order valence-electron chi connectivity index (χ1n) is 34.3. The molecule has 0 heterocycles. The van der Waals surface area contributed by atoms with Crippen molar-refractivity contribution in [2.24, 2.45) is 4.99 Å². The smallest absolute Gasteiger partial charge is 0.132 e. The van der Waals surface area contributed by atoms with Crippen LogP contribution < -0.4 is 26.6 Å². The quantitative estimate of drug-likeness (QED) is 0.0307. The largest absolute Gasteiger partial charge is 0.508 e. The van der Waals surface area contributed by atoms with Gasteiger partial charge in [-0.3, -0.25) is 4.99 Å². The maximum absolute atomic E-state index is 11.0. The zero-order chi connectivity index (χ0) is 66.3. The Bertz CT molecular complexity index is 3900. The molecule has 0 spiro atoms. The molecule has 12 heteroatoms. The number of phenolic OH excluding ortho intramolecular Hbond substituents is 6. The summed E-state index contributed by atoms with van der Waals surface area (Å²) in [6.45, 7) is 3.16. The van der Waals surface area contributed by atoms with Gasteiger partial charge in [-0.15, -0.1) is 0 Å². The number of phenols is 6. The highest BCUT2D eigenvalue weighted by Crippen LogP contribution is 2.37. The van der Waals surface area contributed by atoms with E-state index < -0.39 is 0 Å². The first-order chi connectivity index (χ1) is 47.1. The molecule has 6 unspecified atom stereocenters. The summed E-state index contributed by atoms with van der Waals surface area (Å²) in [5, 5.41) is 81.8. The lowest BCUT2D eigenvalue weighted by atomic mass is 9.89. The van der Waals surface area contributed by atoms with E-state index in [1.54, 1.807) is 12.1 Å². The van der Waals surface area contributed by atoms with E-state index in [9.17, 15) is 30.6 Å². The van der Waals surface area contributed by atoms with Gasteiger partial charge in [-0.1, -0.05) is 263 Å². The zero-order valence-electron chi connectivity index (χ0n) is 54.8. The van der Waals surface area contributed by atoms with Gasteiger partial charge in [0, 0.05) is 125 Å². The monoisotopic (exact) mass is 1280 g/mol. The summed E-state index contributed by atoms with van der Waals surface area (Å²) >= 11 is 0. The number of nitrogens with one attached hydrogen (secondary N) is 5. The van der Waals surface area contributed by atoms with Gasteiger partial charge in [0.2, 0.25) is 0 Å². The first-order valence-corrected chi connectivity index (χ1v) is 34.3. The van der Waals surface area contributed by atoms with Crippen LogP contribution in [0.5, 0.6) is 34.5 Å². The van der Waals surface area contributed by atoms with Crippen molar-refractivity contribution in [1.29, 1.82) is 0 Å². The van der Waals surface area contributed by atoms with Crippen molar-refractivity contribution in [1.82, 2.24) is 26.6 Å². The molecule has 0 aromatic heterocycles. The van der Waals surface area contributed by atoms with Gasteiger partial charge in [0.15, 0.2) is 0 Å². The third kappa shape index (κ3) is 18.3. The van der Waals surface area contributed by atoms with Crippen LogP contribution in [0.2, 0.25) is 0 Å². The molecule has 6 atom stereocenters. The van der Waals surface area contributed by atoms with Gasteiger partial charge in [-0.2, -0.15) is 0 Å². The molecule has 0 saturated heterocycles. The van der Waals surface area contributed by atoms with Gasteiger partial charge in [-0.05, 0) is 79.0 Å². The van der Waals surface area contributed by atoms with E-state index in [-0.39, 0.29) is 17.8 Å². The van der Waals surface area contributed by atoms with Crippen LogP contribution in [0.3, 0.4) is 0 Å². The molecule has 10 aromatic rings. The SMILES string of the molecule is Oc1c(C=NC2CCCCC2NCc2cccc(-c3ccccc3)c2O)cccc1-c1ccccc1.Oc1c(CNC2CCCCC2NCc2cccc(-c3ccccc3)c2O)cccc1-c1ccccc1.Oc1ccccc1CNC1CCCCC1NCc1ccccc1O. The summed E-state index contributed by atoms with van der Waals surface area (Å²) in [4.78, 5) is 4.92. The van der Waals surface area contributed by atoms with Crippen molar-refractivity contribution in [2.75, 3.05) is 0 Å². The molecule has 0 amide bonds. The number of nitrogens with zero attached hydrogens (tertiary/aromatic N) is 1. The van der Waals surface area contributed by atoms with Crippen LogP contribution >= 0.6 is 0 Å². The Morgan fingerprint density at radius 2 is 0.542 bits per heavy atom. The number of benzene rings is 10. The minimum absolute atomic E-state index is 0.123. The normalized spacial score (nSPS) is 18.5. The van der Waals surface area contributed by atoms with E-state index in [1.807, 2.05) is 237 Å². The number of aliphatic imine (C=N–C) groups is 1. The van der Waals surface area contributed by atoms with Crippen LogP contribution in [0.1, 0.15) is 110 Å². The molecule has 3 aliphatic rings. The summed E-state index contributed by atoms with van der Waals surface area (Å²) < 4.78 is 0. The molecule has 494 valence electrons. The lowest BCUT2D eigenvalue weighted by Crippen LogP contribution is -2.49. The van der Waals surface area contributed by atoms with E-state index in [1.165, 1.54) is 25.7 Å². The molecule has 0 aliphatic heterocycles. The Hall–Kier alpha value is -9.53. The molecule has 96 heavy (non-hydrogen) atoms. The topological polar surface area (TPSA) is 194 Å². The number of para-hydroxylation sites is 6. The van der Waals surface area contributed by atoms with Crippen molar-refractivity contribution in [3.63, 3.8) is 0 Å². The summed E-state index contributed by atoms with van der Waals surface area (Å²) in [5.74, 6) is 1.97. The third-order valence-corrected chi connectivity index (χ3v) is 19.2. The van der Waals surface area contributed by atoms with Crippen LogP contribution in [-0.4, -0.2) is 73.1 Å². The second kappa shape index (κ2) is 34.8. The third-order valence-electron chi connectivity index (χ3n) is 19.2. The highest BCUT2D eigenvalue weighted by atomic mass is 16.3. The molecular weight excluding hydrogens is 1190 g/mol. The molecule has 0 radical (unpaired) electrons. The average molecular weight is 1280 g/mol. The lowest BCUT2D eigenvalue weighted by Gasteiger charge is -2.33. The highest BCUT2D eigenvalue weighted by Gasteiger charge is 2.28. The van der Waals surface area contributed by atoms with Gasteiger partial charge in [0.1, 0.15) is 34.5 Å². The Morgan fingerprint density at radius 3 is 0.896 bits per heavy atom. The van der Waals surface area contributed by atoms with Crippen molar-refractivity contribution >= 4 is 6.21 Å². The van der Waals surface area contributed by atoms with E-state index in [0.29, 0.717) is 85.6 Å². The summed E-state index contributed by atoms with van der Waals surface area (Å²) in [6, 6.07) is 80.3. The fourth-order valence-corrected chi connectivity index (χ4v) is 13.7. The molecular formula is C84H92N6O6. The van der Waals surface area contributed by atoms with Crippen LogP contribution in [-0.2, 0) is 32.7 Å². The maximum Gasteiger partial charge on any atom is 0.132 e. The van der Waals surface area contributed by atoms with Gasteiger partial charge in [0.25, 0.3) is 0 Å². The van der Waals surface area contributed by atoms with Crippen LogP contribution in [0.15, 0.2) is 248 Å². The molecule has 3 fully saturated rings. The molecule has 3 aliphatic carbocycles. The van der Waals surface area contributed by atoms with Crippen LogP contribution in [0.25, 0.3) is 44.5 Å². The fraction of sp³-hybridized carbons (Fsp3) is 0.274. The first kappa shape index (κ1) is 67.9. The second-order valence-corrected chi connectivity index (χ2v) is 25.5. The van der Waals surface area contributed by atoms with E-state index in [4.69, 9.17) is 4.99 Å². The van der Waals surface area contributed by atoms with Gasteiger partial charge in [0.05, 0.1) is 6.04 Å². The molecule has 13 rings (SSSR count). The van der Waals surface area contributed by atoms with E-state index in [0.717, 1.165) is 129 Å². The van der Waals surface area contributed by atoms with Gasteiger partial charge in [-0.25, -0.2) is 0 Å². The van der Waals surface area contributed by atoms with Crippen molar-refractivity contribution in [2.45, 2.75) is 146 Å². The average Bonchev–Trinajstić information content (AvgIpc) is 1.11. The molecule has 10 aromatic carbocycles. The minimum Gasteiger partial charge on any atom is -0.508 e. The number of hydrogen-bond donors (Lipinski definition) is 11. The predicted octanol–water partition coefficient (Wildman–Crippen LogP) is 16.9. The van der Waals surface area contributed by atoms with Crippen LogP contribution in [0, 0.1) is 0 Å². The number of rotatable bonds is 21. The molecule has 11 N–H and O–H groups in total. The highest BCUT2D eigenvalue weighted by molar-refractivity contribution is 5.88. The fourth-order valence-electron chi connectivity index (χ4n) is 13.7. The van der Waals surface area contributed by atoms with Crippen molar-refractivity contribution < 1.29 is 30.6 Å². The molecule has 12 nitrogen and oxygen atoms in total. The number of aromatic hydroxyl groups is 6. The van der Waals surface area contributed by atoms with Crippen molar-refractivity contribution in [3.05, 3.63) is 276 Å². The number of hydrogen-bond acceptors (Lipinski definition) is 12. The Labute approximate surface area is 566 Å². The Kier molecular flexibility index (Phi) is 24.6. The maximum atomic E-state index is 11.0. The van der Waals surface area contributed by atoms with Gasteiger partial charge < -0.3 is 57.2 Å². The standard InChI is InChI=1S/C32H34N2O2.C32H32N2O2.C20H26N2O2/c2*35-31-25(15-9-17-27(31)23-11-3-1-4-12-23)21-33-29-19-7-8-20-30(29)34-22-26-16-10-18-28(32(26)36)24-13-5-2-6-14-24;23-19-11-5-1-7-15(19)13-21-17-9-3-4-10-18(17)22-14-16-8-2-6-12-20(16)24/h1-6,9-18,29-30,33-36H,7-8,19-22H2;1-6,9-18,21,29-30,34-36H,7-8,19-20,22H2;1-2,5-8,11-12,17-18,21-24H,3-4,9-10,13-14H2. The zero-order valence-corrected chi connectivity index (χ0v) is 54.8. The summed E-state index contributed by atoms with van der Waals surface area (Å²) in [6.07, 6.45) is 15.5. The predicted molar refractivity (Wildman–Crippen MR) is 390 cm³/mol. The summed E-state index contributed by atoms with van der Waals surface area (Å²) in [5.41, 5.74) is 12.7. The minimum atomic E-state index is 0.123. The molecule has 0 bridgehead atoms. The van der Waals surface area contributed by atoms with Crippen LogP contribution in [0.4, 0.5) is 0 Å². The lowest BCUT2D eigenvalue weighted by molar-refractivity contribution is 0.279. The van der Waals surface area contributed by atoms with E-state index in [2.05, 4.69) is 26.6 Å². The second-order valence-electron chi connectivity index (χ2n) is 25.5. The Morgan fingerprint density at radius 1 is 0.271 bits per heavy atom. The van der Waals surface area contributed by atoms with Crippen molar-refractivity contribution in [3.8, 4) is 79.0 Å².